The number of anilines is 1. The van der Waals surface area contributed by atoms with Crippen LogP contribution >= 0.6 is 11.3 Å². The number of nitrogens with one attached hydrogen (secondary N) is 1. The van der Waals surface area contributed by atoms with Crippen molar-refractivity contribution in [1.29, 1.82) is 0 Å². The van der Waals surface area contributed by atoms with E-state index in [4.69, 9.17) is 0 Å². The number of nitrogens with zero attached hydrogens (tertiary/aromatic N) is 2. The van der Waals surface area contributed by atoms with Gasteiger partial charge in [0.25, 0.3) is 0 Å². The molecule has 0 fully saturated rings. The van der Waals surface area contributed by atoms with Crippen molar-refractivity contribution >= 4 is 27.4 Å². The molecule has 0 aliphatic heterocycles. The van der Waals surface area contributed by atoms with E-state index in [0.29, 0.717) is 12.0 Å². The van der Waals surface area contributed by atoms with Crippen LogP contribution in [-0.4, -0.2) is 16.0 Å². The van der Waals surface area contributed by atoms with Crippen LogP contribution < -0.4 is 5.32 Å². The van der Waals surface area contributed by atoms with E-state index in [1.807, 2.05) is 0 Å². The van der Waals surface area contributed by atoms with E-state index in [9.17, 15) is 0 Å². The minimum atomic E-state index is 0.342. The fourth-order valence-corrected chi connectivity index (χ4v) is 3.43. The summed E-state index contributed by atoms with van der Waals surface area (Å²) in [5, 5.41) is 6.73. The molecule has 0 bridgehead atoms. The summed E-state index contributed by atoms with van der Waals surface area (Å²) in [5.41, 5.74) is 3.79. The van der Waals surface area contributed by atoms with E-state index >= 15 is 0 Å². The standard InChI is InChI=1S/C18H21N3S/c1-11(2)13-5-7-14(8-6-13)15-9-22-18-16(15)17(19-10-20-18)21-12(3)4/h5-12H,1-4H3,(H,19,20,21). The molecule has 0 atom stereocenters. The van der Waals surface area contributed by atoms with Crippen molar-refractivity contribution in [2.45, 2.75) is 39.7 Å². The molecule has 0 aliphatic rings. The Morgan fingerprint density at radius 2 is 1.73 bits per heavy atom. The van der Waals surface area contributed by atoms with Crippen LogP contribution in [-0.2, 0) is 0 Å². The highest BCUT2D eigenvalue weighted by molar-refractivity contribution is 7.17. The maximum Gasteiger partial charge on any atom is 0.139 e. The van der Waals surface area contributed by atoms with Gasteiger partial charge in [0.1, 0.15) is 17.0 Å². The Balaban J connectivity index is 2.10. The number of thiophene rings is 1. The predicted octanol–water partition coefficient (Wildman–Crippen LogP) is 5.30. The number of aromatic nitrogens is 2. The van der Waals surface area contributed by atoms with E-state index in [1.54, 1.807) is 17.7 Å². The van der Waals surface area contributed by atoms with Crippen LogP contribution in [0.25, 0.3) is 21.3 Å². The second-order valence-corrected chi connectivity index (χ2v) is 6.99. The Morgan fingerprint density at radius 3 is 2.36 bits per heavy atom. The zero-order valence-corrected chi connectivity index (χ0v) is 14.2. The number of benzene rings is 1. The fourth-order valence-electron chi connectivity index (χ4n) is 2.52. The van der Waals surface area contributed by atoms with Gasteiger partial charge in [0.05, 0.1) is 5.39 Å². The second kappa shape index (κ2) is 6.05. The molecule has 1 aromatic carbocycles. The van der Waals surface area contributed by atoms with Crippen molar-refractivity contribution in [2.24, 2.45) is 0 Å². The maximum absolute atomic E-state index is 4.44. The van der Waals surface area contributed by atoms with Crippen molar-refractivity contribution in [3.63, 3.8) is 0 Å². The third-order valence-corrected chi connectivity index (χ3v) is 4.57. The summed E-state index contributed by atoms with van der Waals surface area (Å²) in [5.74, 6) is 1.47. The molecule has 3 nitrogen and oxygen atoms in total. The predicted molar refractivity (Wildman–Crippen MR) is 95.7 cm³/mol. The molecule has 1 N–H and O–H groups in total. The molecule has 2 heterocycles. The largest absolute Gasteiger partial charge is 0.367 e. The Hall–Kier alpha value is -1.94. The summed E-state index contributed by atoms with van der Waals surface area (Å²) >= 11 is 1.67. The summed E-state index contributed by atoms with van der Waals surface area (Å²) in [6.07, 6.45) is 1.63. The Morgan fingerprint density at radius 1 is 1.00 bits per heavy atom. The second-order valence-electron chi connectivity index (χ2n) is 6.13. The van der Waals surface area contributed by atoms with Crippen LogP contribution in [0.4, 0.5) is 5.82 Å². The lowest BCUT2D eigenvalue weighted by Gasteiger charge is -2.11. The molecule has 0 spiro atoms. The van der Waals surface area contributed by atoms with Crippen molar-refractivity contribution in [2.75, 3.05) is 5.32 Å². The van der Waals surface area contributed by atoms with Gasteiger partial charge in [-0.3, -0.25) is 0 Å². The topological polar surface area (TPSA) is 37.8 Å². The van der Waals surface area contributed by atoms with Gasteiger partial charge in [-0.25, -0.2) is 9.97 Å². The summed E-state index contributed by atoms with van der Waals surface area (Å²) in [6.45, 7) is 8.68. The molecule has 0 aliphatic carbocycles. The number of hydrogen-bond acceptors (Lipinski definition) is 4. The Labute approximate surface area is 135 Å². The van der Waals surface area contributed by atoms with Gasteiger partial charge in [-0.05, 0) is 30.9 Å². The molecule has 0 unspecified atom stereocenters. The molecule has 2 aromatic heterocycles. The minimum absolute atomic E-state index is 0.342. The number of hydrogen-bond donors (Lipinski definition) is 1. The lowest BCUT2D eigenvalue weighted by molar-refractivity contribution is 0.867. The fraction of sp³-hybridized carbons (Fsp3) is 0.333. The summed E-state index contributed by atoms with van der Waals surface area (Å²) in [7, 11) is 0. The molecular weight excluding hydrogens is 290 g/mol. The van der Waals surface area contributed by atoms with E-state index in [0.717, 1.165) is 16.0 Å². The molecule has 22 heavy (non-hydrogen) atoms. The van der Waals surface area contributed by atoms with Gasteiger partial charge in [-0.15, -0.1) is 11.3 Å². The van der Waals surface area contributed by atoms with Gasteiger partial charge in [0.2, 0.25) is 0 Å². The van der Waals surface area contributed by atoms with Crippen molar-refractivity contribution < 1.29 is 0 Å². The normalized spacial score (nSPS) is 11.5. The lowest BCUT2D eigenvalue weighted by atomic mass is 9.99. The van der Waals surface area contributed by atoms with E-state index in [1.165, 1.54) is 16.7 Å². The molecule has 4 heteroatoms. The van der Waals surface area contributed by atoms with Crippen LogP contribution in [0, 0.1) is 0 Å². The molecule has 114 valence electrons. The first-order chi connectivity index (χ1) is 10.6. The molecule has 3 aromatic rings. The van der Waals surface area contributed by atoms with Gasteiger partial charge in [0.15, 0.2) is 0 Å². The first-order valence-corrected chi connectivity index (χ1v) is 8.53. The summed E-state index contributed by atoms with van der Waals surface area (Å²) in [4.78, 5) is 9.87. The Bertz CT molecular complexity index is 773. The summed E-state index contributed by atoms with van der Waals surface area (Å²) < 4.78 is 0. The molecular formula is C18H21N3S. The number of rotatable bonds is 4. The first-order valence-electron chi connectivity index (χ1n) is 7.65. The highest BCUT2D eigenvalue weighted by atomic mass is 32.1. The number of fused-ring (bicyclic) bond motifs is 1. The molecule has 0 amide bonds. The van der Waals surface area contributed by atoms with E-state index in [2.05, 4.69) is 72.6 Å². The average molecular weight is 311 g/mol. The van der Waals surface area contributed by atoms with Crippen LogP contribution in [0.2, 0.25) is 0 Å². The smallest absolute Gasteiger partial charge is 0.139 e. The lowest BCUT2D eigenvalue weighted by Crippen LogP contribution is -2.11. The van der Waals surface area contributed by atoms with Crippen molar-refractivity contribution in [3.05, 3.63) is 41.5 Å². The van der Waals surface area contributed by atoms with Gasteiger partial charge in [-0.2, -0.15) is 0 Å². The van der Waals surface area contributed by atoms with Crippen LogP contribution in [0.1, 0.15) is 39.2 Å². The van der Waals surface area contributed by atoms with Crippen LogP contribution in [0.15, 0.2) is 36.0 Å². The van der Waals surface area contributed by atoms with Crippen LogP contribution in [0.3, 0.4) is 0 Å². The zero-order chi connectivity index (χ0) is 15.7. The maximum atomic E-state index is 4.44. The van der Waals surface area contributed by atoms with Crippen LogP contribution in [0.5, 0.6) is 0 Å². The monoisotopic (exact) mass is 311 g/mol. The van der Waals surface area contributed by atoms with Gasteiger partial charge in [0, 0.05) is 17.0 Å². The zero-order valence-electron chi connectivity index (χ0n) is 13.4. The molecule has 0 saturated carbocycles. The highest BCUT2D eigenvalue weighted by Crippen LogP contribution is 2.37. The highest BCUT2D eigenvalue weighted by Gasteiger charge is 2.13. The Kier molecular flexibility index (Phi) is 4.12. The third-order valence-electron chi connectivity index (χ3n) is 3.68. The van der Waals surface area contributed by atoms with Gasteiger partial charge in [-0.1, -0.05) is 38.1 Å². The SMILES string of the molecule is CC(C)Nc1ncnc2scc(-c3ccc(C(C)C)cc3)c12. The van der Waals surface area contributed by atoms with Crippen molar-refractivity contribution in [1.82, 2.24) is 9.97 Å². The van der Waals surface area contributed by atoms with Gasteiger partial charge >= 0.3 is 0 Å². The molecule has 0 radical (unpaired) electrons. The molecule has 3 rings (SSSR count). The van der Waals surface area contributed by atoms with E-state index < -0.39 is 0 Å². The van der Waals surface area contributed by atoms with Crippen molar-refractivity contribution in [3.8, 4) is 11.1 Å². The quantitative estimate of drug-likeness (QED) is 0.710. The average Bonchev–Trinajstić information content (AvgIpc) is 2.92. The minimum Gasteiger partial charge on any atom is -0.367 e. The third kappa shape index (κ3) is 2.83. The van der Waals surface area contributed by atoms with E-state index in [-0.39, 0.29) is 0 Å². The first kappa shape index (κ1) is 15.0. The molecule has 0 saturated heterocycles. The van der Waals surface area contributed by atoms with Gasteiger partial charge < -0.3 is 5.32 Å². The summed E-state index contributed by atoms with van der Waals surface area (Å²) in [6, 6.07) is 9.16.